The smallest absolute Gasteiger partial charge is 0.321 e. The summed E-state index contributed by atoms with van der Waals surface area (Å²) in [6, 6.07) is -0.775. The molecule has 16 heavy (non-hydrogen) atoms. The van der Waals surface area contributed by atoms with Gasteiger partial charge < -0.3 is 25.5 Å². The van der Waals surface area contributed by atoms with Crippen molar-refractivity contribution in [2.75, 3.05) is 12.4 Å². The second-order valence-electron chi connectivity index (χ2n) is 3.54. The van der Waals surface area contributed by atoms with Gasteiger partial charge in [-0.15, -0.1) is 11.8 Å². The first-order valence-corrected chi connectivity index (χ1v) is 5.77. The molecular weight excluding hydrogens is 241 g/mol. The summed E-state index contributed by atoms with van der Waals surface area (Å²) in [6.45, 7) is -0.669. The van der Waals surface area contributed by atoms with E-state index in [1.54, 1.807) is 0 Å². The van der Waals surface area contributed by atoms with Gasteiger partial charge in [0.25, 0.3) is 0 Å². The van der Waals surface area contributed by atoms with E-state index in [1.807, 2.05) is 0 Å². The van der Waals surface area contributed by atoms with Crippen LogP contribution in [0.1, 0.15) is 0 Å². The Morgan fingerprint density at radius 3 is 2.50 bits per heavy atom. The van der Waals surface area contributed by atoms with Gasteiger partial charge in [0, 0.05) is 5.75 Å². The lowest BCUT2D eigenvalue weighted by Crippen LogP contribution is -2.50. The third-order valence-electron chi connectivity index (χ3n) is 2.35. The van der Waals surface area contributed by atoms with E-state index in [0.717, 1.165) is 11.8 Å². The van der Waals surface area contributed by atoms with Gasteiger partial charge in [0.15, 0.2) is 0 Å². The first-order valence-electron chi connectivity index (χ1n) is 4.73. The molecule has 8 heteroatoms. The quantitative estimate of drug-likeness (QED) is 0.310. The van der Waals surface area contributed by atoms with Crippen LogP contribution in [0, 0.1) is 0 Å². The Morgan fingerprint density at radius 2 is 2.06 bits per heavy atom. The summed E-state index contributed by atoms with van der Waals surface area (Å²) < 4.78 is 0. The first kappa shape index (κ1) is 13.7. The van der Waals surface area contributed by atoms with E-state index < -0.39 is 42.3 Å². The van der Waals surface area contributed by atoms with Crippen LogP contribution in [0.4, 0.5) is 0 Å². The van der Waals surface area contributed by atoms with Crippen LogP contribution in [0.25, 0.3) is 0 Å². The van der Waals surface area contributed by atoms with Crippen molar-refractivity contribution in [3.63, 3.8) is 0 Å². The lowest BCUT2D eigenvalue weighted by atomic mass is 10.1. The monoisotopic (exact) mass is 256 g/mol. The number of carboxylic acid groups (broad SMARTS) is 1. The second-order valence-corrected chi connectivity index (χ2v) is 4.72. The summed E-state index contributed by atoms with van der Waals surface area (Å²) in [5.74, 6) is -0.752. The number of hydrogen-bond acceptors (Lipinski definition) is 7. The highest BCUT2D eigenvalue weighted by atomic mass is 35.1. The topological polar surface area (TPSA) is 130 Å². The number of nitrogens with one attached hydrogen (secondary N) is 1. The zero-order chi connectivity index (χ0) is 12.3. The maximum absolute atomic E-state index is 10.6. The zero-order valence-corrected chi connectivity index (χ0v) is 9.17. The number of carbonyl (C=O) groups is 1. The van der Waals surface area contributed by atoms with Crippen molar-refractivity contribution in [3.05, 3.63) is 0 Å². The summed E-state index contributed by atoms with van der Waals surface area (Å²) in [4.78, 5) is 10.6. The summed E-state index contributed by atoms with van der Waals surface area (Å²) >= 11 is 1.15. The molecule has 0 bridgehead atoms. The van der Waals surface area contributed by atoms with Gasteiger partial charge in [0.2, 0.25) is 0 Å². The highest BCUT2D eigenvalue weighted by Crippen LogP contribution is 2.24. The fourth-order valence-electron chi connectivity index (χ4n) is 1.35. The Bertz CT molecular complexity index is 253. The molecule has 1 unspecified atom stereocenters. The predicted octanol–water partition coefficient (Wildman–Crippen LogP) is -2.82. The first-order chi connectivity index (χ1) is 7.47. The number of aliphatic hydroxyl groups excluding tert-OH is 4. The molecule has 6 N–H and O–H groups in total. The van der Waals surface area contributed by atoms with E-state index in [9.17, 15) is 15.0 Å². The van der Waals surface area contributed by atoms with E-state index in [2.05, 4.69) is 5.32 Å². The van der Waals surface area contributed by atoms with Gasteiger partial charge in [-0.3, -0.25) is 10.1 Å². The highest BCUT2D eigenvalue weighted by molar-refractivity contribution is 8.00. The Balaban J connectivity index is 2.50. The van der Waals surface area contributed by atoms with Crippen molar-refractivity contribution in [1.82, 2.24) is 5.32 Å². The van der Waals surface area contributed by atoms with Crippen molar-refractivity contribution in [2.24, 2.45) is 0 Å². The van der Waals surface area contributed by atoms with Crippen molar-refractivity contribution >= 4 is 17.7 Å². The zero-order valence-electron chi connectivity index (χ0n) is 8.35. The van der Waals surface area contributed by atoms with Crippen LogP contribution in [0.2, 0.25) is 0 Å². The average molecular weight is 256 g/mol. The third kappa shape index (κ3) is 3.06. The van der Waals surface area contributed by atoms with Crippen molar-refractivity contribution in [1.29, 1.82) is 0 Å². The molecule has 0 radical (unpaired) electrons. The second kappa shape index (κ2) is 5.80. The minimum absolute atomic E-state index is 0.277. The lowest BCUT2D eigenvalue weighted by Gasteiger charge is -2.25. The van der Waals surface area contributed by atoms with Gasteiger partial charge in [0.1, 0.15) is 24.4 Å². The molecule has 1 saturated heterocycles. The summed E-state index contributed by atoms with van der Waals surface area (Å²) in [7, 11) is 0. The highest BCUT2D eigenvalue weighted by Gasteiger charge is 2.38. The molecule has 7 nitrogen and oxygen atoms in total. The van der Waals surface area contributed by atoms with E-state index in [4.69, 9.17) is 15.3 Å². The number of rotatable bonds is 5. The van der Waals surface area contributed by atoms with E-state index in [0.29, 0.717) is 0 Å². The Kier molecular flexibility index (Phi) is 4.96. The molecule has 1 aliphatic rings. The molecule has 1 aliphatic heterocycles. The van der Waals surface area contributed by atoms with Crippen LogP contribution >= 0.6 is 11.8 Å². The van der Waals surface area contributed by atoms with Crippen LogP contribution < -0.4 is 5.32 Å². The third-order valence-corrected chi connectivity index (χ3v) is 3.65. The normalized spacial score (nSPS) is 31.0. The Labute approximate surface area is 96.1 Å². The molecule has 0 aromatic heterocycles. The number of thioether (sulfide) groups is 1. The van der Waals surface area contributed by atoms with Crippen LogP contribution in [0.5, 0.6) is 0 Å². The van der Waals surface area contributed by atoms with Crippen LogP contribution in [0.3, 0.4) is 0 Å². The molecular formula is C8H15NO6S. The van der Waals surface area contributed by atoms with Crippen molar-refractivity contribution in [2.45, 2.75) is 29.7 Å². The van der Waals surface area contributed by atoms with Gasteiger partial charge in [0.05, 0.1) is 12.0 Å². The van der Waals surface area contributed by atoms with E-state index >= 15 is 0 Å². The molecule has 94 valence electrons. The number of carboxylic acids is 1. The standard InChI is InChI=1S/C8H15NO6S/c10-1-4(11)5(12)6(13)7-9-3(2-16-7)8(14)15/h3-7,9-13H,1-2H2,(H,14,15)/t3-,4+,5+,6+,7?/m0/s1/i16+3. The molecule has 0 aromatic rings. The van der Waals surface area contributed by atoms with Crippen LogP contribution in [0.15, 0.2) is 0 Å². The molecule has 1 fully saturated rings. The van der Waals surface area contributed by atoms with Crippen LogP contribution in [-0.2, 0) is 4.79 Å². The van der Waals surface area contributed by atoms with Gasteiger partial charge in [-0.25, -0.2) is 0 Å². The number of hydrogen-bond donors (Lipinski definition) is 6. The lowest BCUT2D eigenvalue weighted by molar-refractivity contribution is -0.139. The Hall–Kier alpha value is -0.380. The molecule has 0 amide bonds. The minimum Gasteiger partial charge on any atom is -0.480 e. The maximum Gasteiger partial charge on any atom is 0.321 e. The summed E-state index contributed by atoms with van der Waals surface area (Å²) in [5, 5.41) is 47.4. The molecule has 1 rings (SSSR count). The molecule has 0 spiro atoms. The van der Waals surface area contributed by atoms with Crippen molar-refractivity contribution < 1.29 is 30.3 Å². The number of aliphatic carboxylic acids is 1. The summed E-state index contributed by atoms with van der Waals surface area (Å²) in [5.41, 5.74) is 0. The minimum atomic E-state index is -1.51. The maximum atomic E-state index is 10.6. The largest absolute Gasteiger partial charge is 0.480 e. The Morgan fingerprint density at radius 1 is 1.44 bits per heavy atom. The van der Waals surface area contributed by atoms with Gasteiger partial charge >= 0.3 is 5.97 Å². The molecule has 5 atom stereocenters. The number of aliphatic hydroxyl groups is 4. The fourth-order valence-corrected chi connectivity index (χ4v) is 2.61. The molecule has 0 aliphatic carbocycles. The SMILES string of the molecule is O=C(O)[C@@H]1C[35S]C([C@H](O)[C@H](O)[C@H](O)CO)N1. The van der Waals surface area contributed by atoms with Gasteiger partial charge in [-0.1, -0.05) is 0 Å². The van der Waals surface area contributed by atoms with Crippen molar-refractivity contribution in [3.8, 4) is 0 Å². The summed E-state index contributed by atoms with van der Waals surface area (Å²) in [6.07, 6.45) is -4.29. The van der Waals surface area contributed by atoms with E-state index in [1.165, 1.54) is 0 Å². The molecule has 0 aromatic carbocycles. The average Bonchev–Trinajstić information content (AvgIpc) is 2.75. The van der Waals surface area contributed by atoms with Gasteiger partial charge in [-0.2, -0.15) is 0 Å². The van der Waals surface area contributed by atoms with Gasteiger partial charge in [-0.05, 0) is 0 Å². The predicted molar refractivity (Wildman–Crippen MR) is 55.9 cm³/mol. The molecule has 0 saturated carbocycles. The fraction of sp³-hybridized carbons (Fsp3) is 0.875. The van der Waals surface area contributed by atoms with Crippen LogP contribution in [-0.4, -0.2) is 73.6 Å². The van der Waals surface area contributed by atoms with E-state index in [-0.39, 0.29) is 5.75 Å². The molecule has 1 heterocycles.